The molecule has 358 valence electrons. The Bertz CT molecular complexity index is 3430. The van der Waals surface area contributed by atoms with Gasteiger partial charge >= 0.3 is 0 Å². The van der Waals surface area contributed by atoms with Crippen LogP contribution in [0, 0.1) is 46.5 Å². The molecule has 1 aliphatic heterocycles. The molecule has 3 heterocycles. The van der Waals surface area contributed by atoms with Gasteiger partial charge in [0.05, 0.1) is 0 Å². The molecular formula is C64H63N4OPt-3. The van der Waals surface area contributed by atoms with Crippen LogP contribution in [-0.4, -0.2) is 9.55 Å². The number of hydrogen-bond acceptors (Lipinski definition) is 4. The number of hydrogen-bond donors (Lipinski definition) is 0. The SMILES string of the molecule is Cc1cc(C)cc(-c2cc(-c3c(C)cccc3C)cc(N3[CH-]N(c4[c-]c(Oc5[c-]c6c(cc5)c5ccc(C(C)(C)C)cc5n6-c5cc(C(C)(C)C)ccn5)ccc4)c4cc(C(C)(C)C)ccc43)c2)c1.[Pt]. The molecule has 0 saturated carbocycles. The van der Waals surface area contributed by atoms with Crippen LogP contribution in [0.15, 0.2) is 140 Å². The van der Waals surface area contributed by atoms with Crippen molar-refractivity contribution in [1.29, 1.82) is 0 Å². The van der Waals surface area contributed by atoms with Crippen molar-refractivity contribution in [3.63, 3.8) is 0 Å². The fraction of sp³-hybridized carbons (Fsp3) is 0.250. The standard InChI is InChI=1S/C64H63N4O.Pt/c1-40-28-41(2)30-44(29-40)45-31-46(61-42(3)16-14-17-43(61)4)33-51(32-45)67-39-66(59-35-48(63(8,9)10)21-25-56(59)67)50-18-15-19-52(37-50)69-53-22-24-55-54-23-20-47(62(5,6)7)34-57(54)68(58(55)38-53)60-36-49(26-27-65-60)64(11,12)13;/h14-36,39H,1-13H3;/q-3;. The third kappa shape index (κ3) is 9.22. The predicted octanol–water partition coefficient (Wildman–Crippen LogP) is 17.4. The molecule has 5 nitrogen and oxygen atoms in total. The first-order valence-corrected chi connectivity index (χ1v) is 24.3. The molecule has 6 heteroatoms. The number of nitrogens with zero attached hydrogens (tertiary/aromatic N) is 4. The van der Waals surface area contributed by atoms with Gasteiger partial charge in [0.1, 0.15) is 5.82 Å². The van der Waals surface area contributed by atoms with Gasteiger partial charge in [0.15, 0.2) is 0 Å². The molecule has 0 fully saturated rings. The smallest absolute Gasteiger partial charge is 0.135 e. The Labute approximate surface area is 430 Å². The summed E-state index contributed by atoms with van der Waals surface area (Å²) in [5.41, 5.74) is 19.6. The maximum atomic E-state index is 6.78. The van der Waals surface area contributed by atoms with E-state index in [4.69, 9.17) is 9.72 Å². The Kier molecular flexibility index (Phi) is 12.5. The van der Waals surface area contributed by atoms with Crippen LogP contribution in [0.4, 0.5) is 22.7 Å². The molecule has 0 spiro atoms. The molecule has 1 aliphatic rings. The van der Waals surface area contributed by atoms with Gasteiger partial charge < -0.3 is 19.1 Å². The zero-order valence-corrected chi connectivity index (χ0v) is 45.1. The minimum absolute atomic E-state index is 0. The van der Waals surface area contributed by atoms with Gasteiger partial charge in [-0.3, -0.25) is 0 Å². The van der Waals surface area contributed by atoms with Crippen molar-refractivity contribution in [2.45, 2.75) is 106 Å². The first-order chi connectivity index (χ1) is 32.7. The number of fused-ring (bicyclic) bond motifs is 4. The van der Waals surface area contributed by atoms with Gasteiger partial charge in [-0.2, -0.15) is 12.1 Å². The summed E-state index contributed by atoms with van der Waals surface area (Å²) >= 11 is 0. The van der Waals surface area contributed by atoms with Crippen molar-refractivity contribution in [2.24, 2.45) is 0 Å². The van der Waals surface area contributed by atoms with Crippen molar-refractivity contribution < 1.29 is 25.8 Å². The van der Waals surface area contributed by atoms with E-state index < -0.39 is 0 Å². The largest absolute Gasteiger partial charge is 0.509 e. The second kappa shape index (κ2) is 18.1. The summed E-state index contributed by atoms with van der Waals surface area (Å²) in [5, 5.41) is 2.25. The number of pyridine rings is 1. The van der Waals surface area contributed by atoms with Gasteiger partial charge in [0.2, 0.25) is 0 Å². The third-order valence-electron chi connectivity index (χ3n) is 13.7. The number of aromatic nitrogens is 2. The van der Waals surface area contributed by atoms with Crippen molar-refractivity contribution in [1.82, 2.24) is 9.55 Å². The van der Waals surface area contributed by atoms with Crippen LogP contribution in [0.5, 0.6) is 11.5 Å². The van der Waals surface area contributed by atoms with Crippen molar-refractivity contribution in [2.75, 3.05) is 9.80 Å². The summed E-state index contributed by atoms with van der Waals surface area (Å²) in [6.45, 7) is 31.3. The number of rotatable bonds is 7. The molecule has 0 aliphatic carbocycles. The first kappa shape index (κ1) is 48.6. The molecule has 9 aromatic rings. The van der Waals surface area contributed by atoms with Crippen LogP contribution in [0.3, 0.4) is 0 Å². The van der Waals surface area contributed by atoms with Gasteiger partial charge in [0.25, 0.3) is 0 Å². The summed E-state index contributed by atoms with van der Waals surface area (Å²) in [6, 6.07) is 56.2. The van der Waals surface area contributed by atoms with Crippen LogP contribution in [0.25, 0.3) is 49.9 Å². The molecular weight excluding hydrogens is 1040 g/mol. The van der Waals surface area contributed by atoms with E-state index in [1.807, 2.05) is 18.3 Å². The summed E-state index contributed by atoms with van der Waals surface area (Å²) in [6.07, 6.45) is 1.92. The average molecular weight is 1100 g/mol. The molecule has 10 rings (SSSR count). The molecule has 0 saturated heterocycles. The molecule has 0 radical (unpaired) electrons. The van der Waals surface area contributed by atoms with E-state index >= 15 is 0 Å². The van der Waals surface area contributed by atoms with E-state index in [-0.39, 0.29) is 37.3 Å². The summed E-state index contributed by atoms with van der Waals surface area (Å²) in [7, 11) is 0. The number of ether oxygens (including phenoxy) is 1. The second-order valence-corrected chi connectivity index (χ2v) is 22.3. The predicted molar refractivity (Wildman–Crippen MR) is 290 cm³/mol. The van der Waals surface area contributed by atoms with Crippen LogP contribution in [0.2, 0.25) is 0 Å². The normalized spacial score (nSPS) is 13.0. The number of aryl methyl sites for hydroxylation is 4. The molecule has 0 atom stereocenters. The zero-order valence-electron chi connectivity index (χ0n) is 42.9. The molecule has 0 N–H and O–H groups in total. The molecule has 70 heavy (non-hydrogen) atoms. The summed E-state index contributed by atoms with van der Waals surface area (Å²) < 4.78 is 9.03. The molecule has 0 bridgehead atoms. The number of anilines is 4. The summed E-state index contributed by atoms with van der Waals surface area (Å²) in [5.74, 6) is 2.06. The van der Waals surface area contributed by atoms with E-state index in [2.05, 4.69) is 245 Å². The van der Waals surface area contributed by atoms with Crippen LogP contribution in [0.1, 0.15) is 101 Å². The Hall–Kier alpha value is -6.42. The van der Waals surface area contributed by atoms with Crippen LogP contribution >= 0.6 is 0 Å². The summed E-state index contributed by atoms with van der Waals surface area (Å²) in [4.78, 5) is 9.55. The van der Waals surface area contributed by atoms with Crippen molar-refractivity contribution in [3.8, 4) is 39.6 Å². The molecule has 7 aromatic carbocycles. The van der Waals surface area contributed by atoms with Crippen molar-refractivity contribution >= 4 is 44.6 Å². The minimum atomic E-state index is -0.0594. The monoisotopic (exact) mass is 1100 g/mol. The number of benzene rings is 7. The molecule has 2 aromatic heterocycles. The van der Waals surface area contributed by atoms with Gasteiger partial charge in [-0.25, -0.2) is 4.98 Å². The topological polar surface area (TPSA) is 33.5 Å². The van der Waals surface area contributed by atoms with Crippen molar-refractivity contribution in [3.05, 3.63) is 197 Å². The maximum absolute atomic E-state index is 6.78. The fourth-order valence-electron chi connectivity index (χ4n) is 9.94. The quantitative estimate of drug-likeness (QED) is 0.149. The average Bonchev–Trinajstić information content (AvgIpc) is 3.83. The first-order valence-electron chi connectivity index (χ1n) is 24.3. The van der Waals surface area contributed by atoms with Crippen LogP contribution in [-0.2, 0) is 37.3 Å². The van der Waals surface area contributed by atoms with E-state index in [0.717, 1.165) is 50.4 Å². The third-order valence-corrected chi connectivity index (χ3v) is 13.7. The Morgan fingerprint density at radius 3 is 1.81 bits per heavy atom. The van der Waals surface area contributed by atoms with Gasteiger partial charge in [-0.15, -0.1) is 48.1 Å². The van der Waals surface area contributed by atoms with E-state index in [9.17, 15) is 0 Å². The van der Waals surface area contributed by atoms with E-state index in [1.54, 1.807) is 0 Å². The van der Waals surface area contributed by atoms with Crippen LogP contribution < -0.4 is 14.5 Å². The van der Waals surface area contributed by atoms with Gasteiger partial charge in [0, 0.05) is 61.3 Å². The van der Waals surface area contributed by atoms with Gasteiger partial charge in [-0.1, -0.05) is 134 Å². The Balaban J connectivity index is 0.00000608. The second-order valence-electron chi connectivity index (χ2n) is 22.3. The maximum Gasteiger partial charge on any atom is 0.135 e. The Morgan fingerprint density at radius 2 is 1.11 bits per heavy atom. The van der Waals surface area contributed by atoms with Gasteiger partial charge in [-0.05, 0) is 148 Å². The minimum Gasteiger partial charge on any atom is -0.509 e. The molecule has 0 unspecified atom stereocenters. The van der Waals surface area contributed by atoms with E-state index in [1.165, 1.54) is 61.2 Å². The zero-order chi connectivity index (χ0) is 48.7. The fourth-order valence-corrected chi connectivity index (χ4v) is 9.94. The molecule has 0 amide bonds. The Morgan fingerprint density at radius 1 is 0.514 bits per heavy atom. The van der Waals surface area contributed by atoms with E-state index in [0.29, 0.717) is 11.5 Å².